The van der Waals surface area contributed by atoms with E-state index in [1.165, 1.54) is 29.5 Å². The van der Waals surface area contributed by atoms with Crippen LogP contribution in [0.15, 0.2) is 40.8 Å². The summed E-state index contributed by atoms with van der Waals surface area (Å²) in [4.78, 5) is 26.5. The Morgan fingerprint density at radius 3 is 3.06 bits per heavy atom. The number of pyridine rings is 1. The van der Waals surface area contributed by atoms with Gasteiger partial charge in [0.15, 0.2) is 10.9 Å². The van der Waals surface area contributed by atoms with Crippen LogP contribution in [0.1, 0.15) is 29.6 Å². The highest BCUT2D eigenvalue weighted by Gasteiger charge is 2.25. The fourth-order valence-electron chi connectivity index (χ4n) is 3.74. The lowest BCUT2D eigenvalue weighted by molar-refractivity contribution is 0.0998. The van der Waals surface area contributed by atoms with Crippen molar-refractivity contribution in [1.29, 1.82) is 0 Å². The molecule has 2 aliphatic rings. The molecule has 0 saturated carbocycles. The molecule has 7 nitrogen and oxygen atoms in total. The quantitative estimate of drug-likeness (QED) is 0.486. The first kappa shape index (κ1) is 21.9. The number of Topliss-reactive ketones (excluding diaryl/α,β-unsaturated/α-hetero) is 1. The second-order valence-electron chi connectivity index (χ2n) is 7.75. The zero-order chi connectivity index (χ0) is 22.8. The zero-order valence-corrected chi connectivity index (χ0v) is 19.1. The topological polar surface area (TPSA) is 85.7 Å². The van der Waals surface area contributed by atoms with Crippen molar-refractivity contribution in [2.45, 2.75) is 25.4 Å². The number of ether oxygens (including phenoxy) is 2. The third-order valence-electron chi connectivity index (χ3n) is 5.41. The summed E-state index contributed by atoms with van der Waals surface area (Å²) in [6, 6.07) is 5.78. The average Bonchev–Trinajstić information content (AvgIpc) is 3.50. The number of nitrogens with one attached hydrogen (secondary N) is 1. The summed E-state index contributed by atoms with van der Waals surface area (Å²) in [6.45, 7) is 1.59. The van der Waals surface area contributed by atoms with Gasteiger partial charge in [-0.05, 0) is 31.0 Å². The lowest BCUT2D eigenvalue weighted by atomic mass is 9.99. The van der Waals surface area contributed by atoms with Crippen LogP contribution >= 0.6 is 22.9 Å². The Labute approximate surface area is 198 Å². The van der Waals surface area contributed by atoms with Gasteiger partial charge in [0.2, 0.25) is 0 Å². The number of fused-ring (bicyclic) bond motifs is 1. The molecule has 1 atom stereocenters. The molecule has 5 rings (SSSR count). The van der Waals surface area contributed by atoms with Gasteiger partial charge in [0.05, 0.1) is 23.3 Å². The minimum absolute atomic E-state index is 0.0292. The van der Waals surface area contributed by atoms with Gasteiger partial charge in [0.1, 0.15) is 35.2 Å². The van der Waals surface area contributed by atoms with Crippen LogP contribution in [-0.4, -0.2) is 47.3 Å². The molecule has 0 amide bonds. The Morgan fingerprint density at radius 1 is 1.33 bits per heavy atom. The molecule has 2 aliphatic heterocycles. The Hall–Kier alpha value is -2.88. The van der Waals surface area contributed by atoms with Crippen molar-refractivity contribution in [3.8, 4) is 17.1 Å². The van der Waals surface area contributed by atoms with Crippen LogP contribution in [0.3, 0.4) is 0 Å². The first-order chi connectivity index (χ1) is 16.1. The minimum Gasteiger partial charge on any atom is -0.488 e. The highest BCUT2D eigenvalue weighted by Crippen LogP contribution is 2.36. The summed E-state index contributed by atoms with van der Waals surface area (Å²) in [5, 5.41) is 5.95. The molecule has 0 aliphatic carbocycles. The summed E-state index contributed by atoms with van der Waals surface area (Å²) in [7, 11) is 0. The van der Waals surface area contributed by atoms with Crippen LogP contribution in [0.25, 0.3) is 11.4 Å². The number of carbonyl (C=O) groups excluding carboxylic acids is 1. The van der Waals surface area contributed by atoms with Gasteiger partial charge < -0.3 is 14.8 Å². The van der Waals surface area contributed by atoms with Crippen LogP contribution < -0.4 is 10.1 Å². The molecular formula is C23H20ClFN4O3S. The molecule has 2 aromatic heterocycles. The highest BCUT2D eigenvalue weighted by atomic mass is 35.5. The molecule has 1 unspecified atom stereocenters. The van der Waals surface area contributed by atoms with E-state index in [4.69, 9.17) is 21.1 Å². The van der Waals surface area contributed by atoms with E-state index in [0.717, 1.165) is 24.6 Å². The number of thiazole rings is 1. The van der Waals surface area contributed by atoms with Crippen molar-refractivity contribution in [3.05, 3.63) is 52.2 Å². The summed E-state index contributed by atoms with van der Waals surface area (Å²) in [6.07, 6.45) is 4.08. The van der Waals surface area contributed by atoms with E-state index in [0.29, 0.717) is 40.6 Å². The zero-order valence-electron chi connectivity index (χ0n) is 17.5. The van der Waals surface area contributed by atoms with Gasteiger partial charge in [-0.25, -0.2) is 9.37 Å². The molecule has 33 heavy (non-hydrogen) atoms. The van der Waals surface area contributed by atoms with Crippen LogP contribution in [0.4, 0.5) is 15.2 Å². The standard InChI is InChI=1S/C23H20ClFN4O3S/c24-17-9-14(3-4-18(17)25)32-11-13-8-20(30)16-5-6-26-22(21(16)28-13)19-12-33-23(29-19)27-10-15-2-1-7-31-15/h3-6,9,12,15H,1-2,7-8,10-11H2,(H,27,29). The van der Waals surface area contributed by atoms with Crippen molar-refractivity contribution in [2.24, 2.45) is 4.99 Å². The summed E-state index contributed by atoms with van der Waals surface area (Å²) < 4.78 is 24.7. The fourth-order valence-corrected chi connectivity index (χ4v) is 4.62. The monoisotopic (exact) mass is 486 g/mol. The Morgan fingerprint density at radius 2 is 2.24 bits per heavy atom. The third-order valence-corrected chi connectivity index (χ3v) is 6.50. The number of carbonyl (C=O) groups is 1. The van der Waals surface area contributed by atoms with Gasteiger partial charge in [-0.15, -0.1) is 11.3 Å². The minimum atomic E-state index is -0.522. The number of hydrogen-bond donors (Lipinski definition) is 1. The summed E-state index contributed by atoms with van der Waals surface area (Å²) >= 11 is 7.28. The molecule has 0 radical (unpaired) electrons. The van der Waals surface area contributed by atoms with Crippen LogP contribution in [0, 0.1) is 5.82 Å². The number of ketones is 1. The molecule has 0 bridgehead atoms. The molecule has 0 spiro atoms. The van der Waals surface area contributed by atoms with Crippen molar-refractivity contribution in [1.82, 2.24) is 9.97 Å². The number of aliphatic imine (C=N–C) groups is 1. The lowest BCUT2D eigenvalue weighted by Crippen LogP contribution is -2.20. The highest BCUT2D eigenvalue weighted by molar-refractivity contribution is 7.14. The SMILES string of the molecule is O=C1CC(COc2ccc(F)c(Cl)c2)=Nc2c1ccnc2-c1csc(NCC2CCCO2)n1. The molecule has 1 fully saturated rings. The number of anilines is 1. The predicted octanol–water partition coefficient (Wildman–Crippen LogP) is 5.33. The second-order valence-corrected chi connectivity index (χ2v) is 9.02. The van der Waals surface area contributed by atoms with Crippen molar-refractivity contribution in [3.63, 3.8) is 0 Å². The number of nitrogens with zero attached hydrogens (tertiary/aromatic N) is 3. The van der Waals surface area contributed by atoms with Crippen molar-refractivity contribution < 1.29 is 18.7 Å². The molecule has 3 aromatic rings. The summed E-state index contributed by atoms with van der Waals surface area (Å²) in [5.41, 5.74) is 2.74. The number of aromatic nitrogens is 2. The number of hydrogen-bond acceptors (Lipinski definition) is 8. The molecular weight excluding hydrogens is 467 g/mol. The Bertz CT molecular complexity index is 1230. The van der Waals surface area contributed by atoms with E-state index in [-0.39, 0.29) is 29.9 Å². The van der Waals surface area contributed by atoms with Crippen LogP contribution in [0.5, 0.6) is 5.75 Å². The third kappa shape index (κ3) is 4.90. The van der Waals surface area contributed by atoms with E-state index in [2.05, 4.69) is 20.3 Å². The maximum absolute atomic E-state index is 13.4. The van der Waals surface area contributed by atoms with E-state index < -0.39 is 5.82 Å². The van der Waals surface area contributed by atoms with Gasteiger partial charge in [-0.3, -0.25) is 14.8 Å². The van der Waals surface area contributed by atoms with E-state index in [1.54, 1.807) is 12.3 Å². The van der Waals surface area contributed by atoms with Gasteiger partial charge in [-0.1, -0.05) is 11.6 Å². The Balaban J connectivity index is 1.35. The number of rotatable bonds is 7. The second kappa shape index (κ2) is 9.54. The average molecular weight is 487 g/mol. The smallest absolute Gasteiger partial charge is 0.183 e. The Kier molecular flexibility index (Phi) is 6.34. The largest absolute Gasteiger partial charge is 0.488 e. The summed E-state index contributed by atoms with van der Waals surface area (Å²) in [5.74, 6) is -0.187. The molecule has 1 N–H and O–H groups in total. The normalized spacial score (nSPS) is 17.6. The van der Waals surface area contributed by atoms with Crippen molar-refractivity contribution >= 4 is 45.3 Å². The van der Waals surface area contributed by atoms with Gasteiger partial charge in [-0.2, -0.15) is 0 Å². The molecule has 10 heteroatoms. The maximum atomic E-state index is 13.4. The maximum Gasteiger partial charge on any atom is 0.183 e. The van der Waals surface area contributed by atoms with Crippen LogP contribution in [-0.2, 0) is 4.74 Å². The molecule has 1 aromatic carbocycles. The van der Waals surface area contributed by atoms with Crippen molar-refractivity contribution in [2.75, 3.05) is 25.1 Å². The first-order valence-corrected chi connectivity index (χ1v) is 11.8. The van der Waals surface area contributed by atoms with Crippen LogP contribution in [0.2, 0.25) is 5.02 Å². The molecule has 1 saturated heterocycles. The van der Waals surface area contributed by atoms with Gasteiger partial charge in [0.25, 0.3) is 0 Å². The first-order valence-electron chi connectivity index (χ1n) is 10.5. The molecule has 170 valence electrons. The number of halogens is 2. The lowest BCUT2D eigenvalue weighted by Gasteiger charge is -2.17. The van der Waals surface area contributed by atoms with E-state index in [1.807, 2.05) is 5.38 Å². The van der Waals surface area contributed by atoms with Gasteiger partial charge >= 0.3 is 0 Å². The molecule has 4 heterocycles. The van der Waals surface area contributed by atoms with E-state index >= 15 is 0 Å². The predicted molar refractivity (Wildman–Crippen MR) is 126 cm³/mol. The van der Waals surface area contributed by atoms with E-state index in [9.17, 15) is 9.18 Å². The fraction of sp³-hybridized carbons (Fsp3) is 0.304. The van der Waals surface area contributed by atoms with Gasteiger partial charge in [0, 0.05) is 36.4 Å². The number of benzene rings is 1.